The third kappa shape index (κ3) is 6.71. The number of amides is 2. The standard InChI is InChI=1S/C25H27FN2O5S/c1-18(2)27-25(29)28(16-19-8-10-21(26)11-9-19)17-20-6-4-5-7-24(20)33-34(30,31)23-14-12-22(32-3)13-15-23/h4-15,18H,16-17H2,1-3H3,(H,27,29). The van der Waals surface area contributed by atoms with E-state index in [2.05, 4.69) is 5.32 Å². The molecule has 0 fully saturated rings. The minimum Gasteiger partial charge on any atom is -0.497 e. The van der Waals surface area contributed by atoms with E-state index in [1.165, 1.54) is 54.5 Å². The quantitative estimate of drug-likeness (QED) is 0.443. The molecule has 180 valence electrons. The van der Waals surface area contributed by atoms with Crippen molar-refractivity contribution in [3.05, 3.63) is 89.7 Å². The Morgan fingerprint density at radius 3 is 2.24 bits per heavy atom. The summed E-state index contributed by atoms with van der Waals surface area (Å²) >= 11 is 0. The summed E-state index contributed by atoms with van der Waals surface area (Å²) in [6.45, 7) is 3.95. The van der Waals surface area contributed by atoms with Gasteiger partial charge in [0.15, 0.2) is 0 Å². The van der Waals surface area contributed by atoms with Crippen LogP contribution in [0.2, 0.25) is 0 Å². The second-order valence-corrected chi connectivity index (χ2v) is 9.45. The number of nitrogens with zero attached hydrogens (tertiary/aromatic N) is 1. The van der Waals surface area contributed by atoms with Crippen molar-refractivity contribution in [3.63, 3.8) is 0 Å². The van der Waals surface area contributed by atoms with Crippen molar-refractivity contribution >= 4 is 16.1 Å². The molecular formula is C25H27FN2O5S. The van der Waals surface area contributed by atoms with Gasteiger partial charge in [-0.3, -0.25) is 0 Å². The van der Waals surface area contributed by atoms with E-state index in [1.54, 1.807) is 30.3 Å². The number of benzene rings is 3. The summed E-state index contributed by atoms with van der Waals surface area (Å²) in [5.41, 5.74) is 1.23. The fourth-order valence-corrected chi connectivity index (χ4v) is 4.14. The number of para-hydroxylation sites is 1. The van der Waals surface area contributed by atoms with Gasteiger partial charge in [0.05, 0.1) is 13.7 Å². The molecule has 9 heteroatoms. The number of methoxy groups -OCH3 is 1. The lowest BCUT2D eigenvalue weighted by Gasteiger charge is -2.25. The first-order chi connectivity index (χ1) is 16.2. The first-order valence-electron chi connectivity index (χ1n) is 10.6. The molecule has 0 aromatic heterocycles. The Hall–Kier alpha value is -3.59. The molecule has 0 saturated heterocycles. The molecular weight excluding hydrogens is 459 g/mol. The summed E-state index contributed by atoms with van der Waals surface area (Å²) in [4.78, 5) is 14.4. The van der Waals surface area contributed by atoms with Gasteiger partial charge < -0.3 is 19.1 Å². The average molecular weight is 487 g/mol. The molecule has 0 heterocycles. The number of hydrogen-bond acceptors (Lipinski definition) is 5. The van der Waals surface area contributed by atoms with E-state index in [1.807, 2.05) is 13.8 Å². The predicted molar refractivity (Wildman–Crippen MR) is 127 cm³/mol. The van der Waals surface area contributed by atoms with Crippen LogP contribution < -0.4 is 14.2 Å². The number of carbonyl (C=O) groups excluding carboxylic acids is 1. The summed E-state index contributed by atoms with van der Waals surface area (Å²) in [7, 11) is -2.63. The van der Waals surface area contributed by atoms with Crippen LogP contribution in [0.5, 0.6) is 11.5 Å². The van der Waals surface area contributed by atoms with Crippen molar-refractivity contribution < 1.29 is 26.5 Å². The highest BCUT2D eigenvalue weighted by Gasteiger charge is 2.22. The predicted octanol–water partition coefficient (Wildman–Crippen LogP) is 4.72. The first kappa shape index (κ1) is 25.0. The first-order valence-corrected chi connectivity index (χ1v) is 12.0. The molecule has 3 rings (SSSR count). The molecule has 0 bridgehead atoms. The highest BCUT2D eigenvalue weighted by atomic mass is 32.2. The lowest BCUT2D eigenvalue weighted by atomic mass is 10.1. The van der Waals surface area contributed by atoms with E-state index in [9.17, 15) is 17.6 Å². The number of nitrogens with one attached hydrogen (secondary N) is 1. The highest BCUT2D eigenvalue weighted by molar-refractivity contribution is 7.87. The molecule has 0 atom stereocenters. The number of ether oxygens (including phenoxy) is 1. The van der Waals surface area contributed by atoms with Crippen LogP contribution in [-0.2, 0) is 23.2 Å². The van der Waals surface area contributed by atoms with Crippen molar-refractivity contribution in [1.29, 1.82) is 0 Å². The van der Waals surface area contributed by atoms with Gasteiger partial charge in [0.2, 0.25) is 0 Å². The zero-order chi connectivity index (χ0) is 24.7. The van der Waals surface area contributed by atoms with Crippen LogP contribution in [0.25, 0.3) is 0 Å². The van der Waals surface area contributed by atoms with Gasteiger partial charge in [0.25, 0.3) is 0 Å². The van der Waals surface area contributed by atoms with Crippen LogP contribution in [0.15, 0.2) is 77.7 Å². The largest absolute Gasteiger partial charge is 0.497 e. The molecule has 0 radical (unpaired) electrons. The second kappa shape index (κ2) is 11.0. The van der Waals surface area contributed by atoms with E-state index in [4.69, 9.17) is 8.92 Å². The Bertz CT molecular complexity index is 1210. The molecule has 0 saturated carbocycles. The van der Waals surface area contributed by atoms with E-state index in [0.717, 1.165) is 5.56 Å². The van der Waals surface area contributed by atoms with Crippen LogP contribution in [0, 0.1) is 5.82 Å². The minimum atomic E-state index is -4.12. The Balaban J connectivity index is 1.86. The van der Waals surface area contributed by atoms with Crippen LogP contribution in [0.3, 0.4) is 0 Å². The van der Waals surface area contributed by atoms with E-state index >= 15 is 0 Å². The molecule has 2 amide bonds. The summed E-state index contributed by atoms with van der Waals surface area (Å²) in [5, 5.41) is 2.84. The zero-order valence-corrected chi connectivity index (χ0v) is 20.0. The number of rotatable bonds is 9. The Labute approximate surface area is 199 Å². The van der Waals surface area contributed by atoms with Gasteiger partial charge in [-0.2, -0.15) is 8.42 Å². The maximum Gasteiger partial charge on any atom is 0.339 e. The molecule has 3 aromatic carbocycles. The van der Waals surface area contributed by atoms with Gasteiger partial charge in [-0.05, 0) is 61.9 Å². The van der Waals surface area contributed by atoms with Gasteiger partial charge in [-0.1, -0.05) is 30.3 Å². The number of halogens is 1. The molecule has 1 N–H and O–H groups in total. The van der Waals surface area contributed by atoms with E-state index in [-0.39, 0.29) is 41.6 Å². The third-order valence-corrected chi connectivity index (χ3v) is 6.12. The topological polar surface area (TPSA) is 84.9 Å². The van der Waals surface area contributed by atoms with Gasteiger partial charge in [-0.15, -0.1) is 0 Å². The lowest BCUT2D eigenvalue weighted by Crippen LogP contribution is -2.42. The number of hydrogen-bond donors (Lipinski definition) is 1. The average Bonchev–Trinajstić information content (AvgIpc) is 2.80. The van der Waals surface area contributed by atoms with E-state index < -0.39 is 10.1 Å². The molecule has 0 aliphatic carbocycles. The van der Waals surface area contributed by atoms with Crippen molar-refractivity contribution in [2.75, 3.05) is 7.11 Å². The maximum absolute atomic E-state index is 13.3. The van der Waals surface area contributed by atoms with Crippen molar-refractivity contribution in [2.24, 2.45) is 0 Å². The summed E-state index contributed by atoms with van der Waals surface area (Å²) in [5.74, 6) is 0.260. The van der Waals surface area contributed by atoms with Crippen molar-refractivity contribution in [2.45, 2.75) is 37.9 Å². The Morgan fingerprint density at radius 2 is 1.62 bits per heavy atom. The van der Waals surface area contributed by atoms with Crippen LogP contribution in [-0.4, -0.2) is 32.5 Å². The summed E-state index contributed by atoms with van der Waals surface area (Å²) in [6, 6.07) is 17.9. The third-order valence-electron chi connectivity index (χ3n) is 4.87. The normalized spacial score (nSPS) is 11.2. The molecule has 0 unspecified atom stereocenters. The van der Waals surface area contributed by atoms with Crippen LogP contribution >= 0.6 is 0 Å². The monoisotopic (exact) mass is 486 g/mol. The van der Waals surface area contributed by atoms with Gasteiger partial charge in [0.1, 0.15) is 22.2 Å². The zero-order valence-electron chi connectivity index (χ0n) is 19.2. The minimum absolute atomic E-state index is 0.0242. The second-order valence-electron chi connectivity index (χ2n) is 7.91. The number of carbonyl (C=O) groups is 1. The SMILES string of the molecule is COc1ccc(S(=O)(=O)Oc2ccccc2CN(Cc2ccc(F)cc2)C(=O)NC(C)C)cc1. The van der Waals surface area contributed by atoms with Crippen LogP contribution in [0.1, 0.15) is 25.0 Å². The molecule has 0 aliphatic rings. The Kier molecular flexibility index (Phi) is 8.12. The number of urea groups is 1. The van der Waals surface area contributed by atoms with Crippen molar-refractivity contribution in [3.8, 4) is 11.5 Å². The van der Waals surface area contributed by atoms with Gasteiger partial charge in [0, 0.05) is 18.2 Å². The fourth-order valence-electron chi connectivity index (χ4n) is 3.18. The van der Waals surface area contributed by atoms with Gasteiger partial charge >= 0.3 is 16.1 Å². The summed E-state index contributed by atoms with van der Waals surface area (Å²) in [6.07, 6.45) is 0. The van der Waals surface area contributed by atoms with Crippen molar-refractivity contribution in [1.82, 2.24) is 10.2 Å². The molecule has 0 aliphatic heterocycles. The lowest BCUT2D eigenvalue weighted by molar-refractivity contribution is 0.189. The Morgan fingerprint density at radius 1 is 0.971 bits per heavy atom. The molecule has 3 aromatic rings. The van der Waals surface area contributed by atoms with Gasteiger partial charge in [-0.25, -0.2) is 9.18 Å². The fraction of sp³-hybridized carbons (Fsp3) is 0.240. The summed E-state index contributed by atoms with van der Waals surface area (Å²) < 4.78 is 49.5. The molecule has 34 heavy (non-hydrogen) atoms. The molecule has 0 spiro atoms. The smallest absolute Gasteiger partial charge is 0.339 e. The highest BCUT2D eigenvalue weighted by Crippen LogP contribution is 2.26. The maximum atomic E-state index is 13.3. The van der Waals surface area contributed by atoms with E-state index in [0.29, 0.717) is 11.3 Å². The molecule has 7 nitrogen and oxygen atoms in total. The van der Waals surface area contributed by atoms with Crippen LogP contribution in [0.4, 0.5) is 9.18 Å².